The van der Waals surface area contributed by atoms with E-state index in [-0.39, 0.29) is 11.6 Å². The molecule has 0 spiro atoms. The molecular weight excluding hydrogens is 366 g/mol. The van der Waals surface area contributed by atoms with Crippen LogP contribution in [-0.2, 0) is 0 Å². The Bertz CT molecular complexity index is 1120. The summed E-state index contributed by atoms with van der Waals surface area (Å²) in [5.74, 6) is -0.666. The number of thiazole rings is 1. The summed E-state index contributed by atoms with van der Waals surface area (Å²) < 4.78 is 29.6. The van der Waals surface area contributed by atoms with Crippen LogP contribution >= 0.6 is 11.3 Å². The van der Waals surface area contributed by atoms with E-state index >= 15 is 0 Å². The molecule has 0 radical (unpaired) electrons. The van der Waals surface area contributed by atoms with Crippen LogP contribution in [0.15, 0.2) is 54.3 Å². The van der Waals surface area contributed by atoms with Gasteiger partial charge in [0.15, 0.2) is 5.13 Å². The van der Waals surface area contributed by atoms with Crippen molar-refractivity contribution in [3.05, 3.63) is 77.2 Å². The molecule has 4 nitrogen and oxygen atoms in total. The minimum absolute atomic E-state index is 0.313. The van der Waals surface area contributed by atoms with Gasteiger partial charge in [-0.15, -0.1) is 11.3 Å². The normalized spacial score (nSPS) is 11.0. The maximum atomic E-state index is 14.6. The molecule has 0 aliphatic carbocycles. The molecule has 0 saturated carbocycles. The van der Waals surface area contributed by atoms with Crippen molar-refractivity contribution < 1.29 is 8.78 Å². The maximum absolute atomic E-state index is 14.6. The van der Waals surface area contributed by atoms with Gasteiger partial charge in [-0.05, 0) is 43.7 Å². The molecule has 4 rings (SSSR count). The molecule has 136 valence electrons. The molecule has 2 aromatic heterocycles. The molecule has 2 heterocycles. The lowest BCUT2D eigenvalue weighted by molar-refractivity contribution is 0.618. The first-order valence-corrected chi connectivity index (χ1v) is 9.17. The van der Waals surface area contributed by atoms with Crippen molar-refractivity contribution in [3.8, 4) is 16.9 Å². The van der Waals surface area contributed by atoms with E-state index in [2.05, 4.69) is 15.3 Å². The minimum Gasteiger partial charge on any atom is -0.331 e. The minimum atomic E-state index is -0.353. The van der Waals surface area contributed by atoms with Gasteiger partial charge >= 0.3 is 0 Å². The summed E-state index contributed by atoms with van der Waals surface area (Å²) in [6.45, 7) is 3.75. The molecule has 0 amide bonds. The Morgan fingerprint density at radius 3 is 2.67 bits per heavy atom. The number of aromatic nitrogens is 3. The SMILES string of the molecule is Cc1cn(-c2ccc(-c3csc(Nc4cc(F)ccc4C)n3)cc2F)cn1. The molecule has 0 aliphatic rings. The predicted molar refractivity (Wildman–Crippen MR) is 104 cm³/mol. The van der Waals surface area contributed by atoms with Crippen LogP contribution in [0.25, 0.3) is 16.9 Å². The number of halogens is 2. The highest BCUT2D eigenvalue weighted by Gasteiger charge is 2.11. The van der Waals surface area contributed by atoms with E-state index in [0.717, 1.165) is 11.3 Å². The largest absolute Gasteiger partial charge is 0.331 e. The van der Waals surface area contributed by atoms with Crippen LogP contribution in [0.3, 0.4) is 0 Å². The van der Waals surface area contributed by atoms with Crippen molar-refractivity contribution in [2.45, 2.75) is 13.8 Å². The lowest BCUT2D eigenvalue weighted by Gasteiger charge is -2.07. The number of anilines is 2. The Kier molecular flexibility index (Phi) is 4.45. The van der Waals surface area contributed by atoms with Gasteiger partial charge in [-0.1, -0.05) is 12.1 Å². The topological polar surface area (TPSA) is 42.7 Å². The Balaban J connectivity index is 1.60. The molecule has 2 aromatic carbocycles. The lowest BCUT2D eigenvalue weighted by atomic mass is 10.1. The third-order valence-corrected chi connectivity index (χ3v) is 4.94. The van der Waals surface area contributed by atoms with Gasteiger partial charge in [0.2, 0.25) is 0 Å². The summed E-state index contributed by atoms with van der Waals surface area (Å²) in [4.78, 5) is 8.62. The predicted octanol–water partition coefficient (Wildman–Crippen LogP) is 5.63. The lowest BCUT2D eigenvalue weighted by Crippen LogP contribution is -1.95. The fourth-order valence-corrected chi connectivity index (χ4v) is 3.47. The molecule has 0 bridgehead atoms. The van der Waals surface area contributed by atoms with Crippen LogP contribution in [0.1, 0.15) is 11.3 Å². The van der Waals surface area contributed by atoms with Gasteiger partial charge in [-0.25, -0.2) is 18.7 Å². The van der Waals surface area contributed by atoms with E-state index in [4.69, 9.17) is 0 Å². The molecular formula is C20H16F2N4S. The van der Waals surface area contributed by atoms with Crippen molar-refractivity contribution >= 4 is 22.2 Å². The highest BCUT2D eigenvalue weighted by molar-refractivity contribution is 7.14. The zero-order chi connectivity index (χ0) is 19.0. The van der Waals surface area contributed by atoms with E-state index in [0.29, 0.717) is 27.8 Å². The van der Waals surface area contributed by atoms with Crippen LogP contribution in [0.2, 0.25) is 0 Å². The van der Waals surface area contributed by atoms with Crippen LogP contribution in [0.5, 0.6) is 0 Å². The molecule has 0 unspecified atom stereocenters. The van der Waals surface area contributed by atoms with E-state index < -0.39 is 0 Å². The molecule has 0 fully saturated rings. The maximum Gasteiger partial charge on any atom is 0.187 e. The Labute approximate surface area is 159 Å². The van der Waals surface area contributed by atoms with Gasteiger partial charge < -0.3 is 9.88 Å². The number of benzene rings is 2. The van der Waals surface area contributed by atoms with E-state index in [1.54, 1.807) is 29.2 Å². The Morgan fingerprint density at radius 2 is 1.93 bits per heavy atom. The van der Waals surface area contributed by atoms with Crippen molar-refractivity contribution in [2.75, 3.05) is 5.32 Å². The van der Waals surface area contributed by atoms with Crippen LogP contribution < -0.4 is 5.32 Å². The van der Waals surface area contributed by atoms with Gasteiger partial charge in [0, 0.05) is 22.8 Å². The first-order chi connectivity index (χ1) is 13.0. The first-order valence-electron chi connectivity index (χ1n) is 8.29. The second-order valence-corrected chi connectivity index (χ2v) is 7.07. The first kappa shape index (κ1) is 17.4. The molecule has 1 N–H and O–H groups in total. The number of rotatable bonds is 4. The van der Waals surface area contributed by atoms with Crippen LogP contribution in [-0.4, -0.2) is 14.5 Å². The molecule has 27 heavy (non-hydrogen) atoms. The summed E-state index contributed by atoms with van der Waals surface area (Å²) >= 11 is 1.38. The Morgan fingerprint density at radius 1 is 1.07 bits per heavy atom. The molecule has 0 atom stereocenters. The Hall–Kier alpha value is -3.06. The second-order valence-electron chi connectivity index (χ2n) is 6.21. The van der Waals surface area contributed by atoms with Crippen molar-refractivity contribution in [2.24, 2.45) is 0 Å². The summed E-state index contributed by atoms with van der Waals surface area (Å²) in [7, 11) is 0. The van der Waals surface area contributed by atoms with Crippen molar-refractivity contribution in [3.63, 3.8) is 0 Å². The smallest absolute Gasteiger partial charge is 0.187 e. The van der Waals surface area contributed by atoms with Gasteiger partial charge in [0.1, 0.15) is 11.6 Å². The highest BCUT2D eigenvalue weighted by atomic mass is 32.1. The fraction of sp³-hybridized carbons (Fsp3) is 0.100. The number of imidazole rings is 1. The molecule has 7 heteroatoms. The summed E-state index contributed by atoms with van der Waals surface area (Å²) in [5, 5.41) is 5.58. The van der Waals surface area contributed by atoms with Gasteiger partial charge in [-0.2, -0.15) is 0 Å². The number of nitrogens with zero attached hydrogens (tertiary/aromatic N) is 3. The average Bonchev–Trinajstić information content (AvgIpc) is 3.27. The number of hydrogen-bond acceptors (Lipinski definition) is 4. The highest BCUT2D eigenvalue weighted by Crippen LogP contribution is 2.30. The van der Waals surface area contributed by atoms with Gasteiger partial charge in [0.25, 0.3) is 0 Å². The standard InChI is InChI=1S/C20H16F2N4S/c1-12-3-5-15(21)8-17(12)24-20-25-18(10-27-20)14-4-6-19(16(22)7-14)26-9-13(2)23-11-26/h3-11H,1-2H3,(H,24,25). The van der Waals surface area contributed by atoms with E-state index in [1.165, 1.54) is 29.5 Å². The zero-order valence-corrected chi connectivity index (χ0v) is 15.5. The van der Waals surface area contributed by atoms with Gasteiger partial charge in [0.05, 0.1) is 23.4 Å². The molecule has 0 saturated heterocycles. The van der Waals surface area contributed by atoms with Gasteiger partial charge in [-0.3, -0.25) is 0 Å². The molecule has 0 aliphatic heterocycles. The quantitative estimate of drug-likeness (QED) is 0.497. The summed E-state index contributed by atoms with van der Waals surface area (Å²) in [6.07, 6.45) is 3.35. The number of hydrogen-bond donors (Lipinski definition) is 1. The molecule has 4 aromatic rings. The monoisotopic (exact) mass is 382 g/mol. The second kappa shape index (κ2) is 6.92. The van der Waals surface area contributed by atoms with Crippen molar-refractivity contribution in [1.29, 1.82) is 0 Å². The van der Waals surface area contributed by atoms with Crippen LogP contribution in [0, 0.1) is 25.5 Å². The average molecular weight is 382 g/mol. The van der Waals surface area contributed by atoms with E-state index in [1.807, 2.05) is 25.3 Å². The third-order valence-electron chi connectivity index (χ3n) is 4.18. The van der Waals surface area contributed by atoms with E-state index in [9.17, 15) is 8.78 Å². The zero-order valence-electron chi connectivity index (χ0n) is 14.7. The van der Waals surface area contributed by atoms with Crippen molar-refractivity contribution in [1.82, 2.24) is 14.5 Å². The van der Waals surface area contributed by atoms with Crippen LogP contribution in [0.4, 0.5) is 19.6 Å². The third kappa shape index (κ3) is 3.59. The summed E-state index contributed by atoms with van der Waals surface area (Å²) in [6, 6.07) is 9.53. The summed E-state index contributed by atoms with van der Waals surface area (Å²) in [5.41, 5.74) is 4.16. The fourth-order valence-electron chi connectivity index (χ4n) is 2.74. The number of nitrogens with one attached hydrogen (secondary N) is 1. The number of aryl methyl sites for hydroxylation is 2.